The summed E-state index contributed by atoms with van der Waals surface area (Å²) < 4.78 is 0. The second-order valence-electron chi connectivity index (χ2n) is 3.58. The number of carbonyl (C=O) groups excluding carboxylic acids is 1. The molecular weight excluding hydrogens is 220 g/mol. The Balaban J connectivity index is 2.82. The van der Waals surface area contributed by atoms with Crippen LogP contribution in [0.15, 0.2) is 24.3 Å². The number of hydrogen-bond acceptors (Lipinski definition) is 2. The second-order valence-corrected chi connectivity index (χ2v) is 3.58. The normalized spacial score (nSPS) is 11.3. The Morgan fingerprint density at radius 2 is 2.24 bits per heavy atom. The van der Waals surface area contributed by atoms with E-state index in [0.717, 1.165) is 0 Å². The SMILES string of the molecule is [C-]#[N+]c1cccc(C[C@@H](NC(C)=O)C(=O)O)c1. The lowest BCUT2D eigenvalue weighted by atomic mass is 10.1. The maximum atomic E-state index is 10.9. The molecule has 1 aromatic rings. The fraction of sp³-hybridized carbons (Fsp3) is 0.250. The van der Waals surface area contributed by atoms with E-state index in [9.17, 15) is 9.59 Å². The van der Waals surface area contributed by atoms with Crippen molar-refractivity contribution in [3.8, 4) is 0 Å². The van der Waals surface area contributed by atoms with Crippen LogP contribution in [0, 0.1) is 6.57 Å². The van der Waals surface area contributed by atoms with Crippen LogP contribution in [-0.4, -0.2) is 23.0 Å². The maximum absolute atomic E-state index is 10.9. The molecule has 0 unspecified atom stereocenters. The van der Waals surface area contributed by atoms with Gasteiger partial charge in [-0.05, 0) is 0 Å². The Labute approximate surface area is 98.9 Å². The number of carboxylic acid groups (broad SMARTS) is 1. The molecule has 1 rings (SSSR count). The second kappa shape index (κ2) is 5.66. The molecular formula is C12H12N2O3. The van der Waals surface area contributed by atoms with Crippen LogP contribution in [0.5, 0.6) is 0 Å². The number of benzene rings is 1. The van der Waals surface area contributed by atoms with Crippen molar-refractivity contribution in [1.82, 2.24) is 5.32 Å². The highest BCUT2D eigenvalue weighted by atomic mass is 16.4. The van der Waals surface area contributed by atoms with Crippen LogP contribution in [0.4, 0.5) is 5.69 Å². The Morgan fingerprint density at radius 3 is 2.76 bits per heavy atom. The third-order valence-electron chi connectivity index (χ3n) is 2.16. The van der Waals surface area contributed by atoms with E-state index in [4.69, 9.17) is 11.7 Å². The van der Waals surface area contributed by atoms with Gasteiger partial charge in [0, 0.05) is 13.3 Å². The van der Waals surface area contributed by atoms with Crippen molar-refractivity contribution in [1.29, 1.82) is 0 Å². The van der Waals surface area contributed by atoms with Gasteiger partial charge in [-0.2, -0.15) is 0 Å². The first-order chi connectivity index (χ1) is 8.02. The molecule has 1 amide bonds. The molecule has 0 radical (unpaired) electrons. The number of aliphatic carboxylic acids is 1. The van der Waals surface area contributed by atoms with Crippen LogP contribution in [0.1, 0.15) is 12.5 Å². The van der Waals surface area contributed by atoms with Crippen LogP contribution >= 0.6 is 0 Å². The summed E-state index contributed by atoms with van der Waals surface area (Å²) in [5.74, 6) is -1.48. The highest BCUT2D eigenvalue weighted by Crippen LogP contribution is 2.15. The number of nitrogens with one attached hydrogen (secondary N) is 1. The van der Waals surface area contributed by atoms with Crippen LogP contribution in [-0.2, 0) is 16.0 Å². The molecule has 2 N–H and O–H groups in total. The van der Waals surface area contributed by atoms with E-state index in [2.05, 4.69) is 10.2 Å². The van der Waals surface area contributed by atoms with Crippen molar-refractivity contribution in [3.63, 3.8) is 0 Å². The fourth-order valence-electron chi connectivity index (χ4n) is 1.43. The van der Waals surface area contributed by atoms with Gasteiger partial charge in [0.25, 0.3) is 0 Å². The molecule has 0 heterocycles. The minimum atomic E-state index is -1.09. The summed E-state index contributed by atoms with van der Waals surface area (Å²) >= 11 is 0. The van der Waals surface area contributed by atoms with Crippen molar-refractivity contribution >= 4 is 17.6 Å². The van der Waals surface area contributed by atoms with Crippen LogP contribution in [0.25, 0.3) is 4.85 Å². The average Bonchev–Trinajstić information content (AvgIpc) is 2.27. The Morgan fingerprint density at radius 1 is 1.53 bits per heavy atom. The number of nitrogens with zero attached hydrogens (tertiary/aromatic N) is 1. The van der Waals surface area contributed by atoms with Gasteiger partial charge in [0.1, 0.15) is 6.04 Å². The van der Waals surface area contributed by atoms with E-state index in [1.54, 1.807) is 24.3 Å². The zero-order chi connectivity index (χ0) is 12.8. The number of carbonyl (C=O) groups is 2. The summed E-state index contributed by atoms with van der Waals surface area (Å²) in [7, 11) is 0. The topological polar surface area (TPSA) is 70.8 Å². The molecule has 0 saturated carbocycles. The Kier molecular flexibility index (Phi) is 4.23. The molecule has 0 spiro atoms. The first-order valence-electron chi connectivity index (χ1n) is 4.99. The fourth-order valence-corrected chi connectivity index (χ4v) is 1.43. The van der Waals surface area contributed by atoms with E-state index in [0.29, 0.717) is 11.3 Å². The van der Waals surface area contributed by atoms with E-state index < -0.39 is 17.9 Å². The Hall–Kier alpha value is -2.35. The van der Waals surface area contributed by atoms with Crippen molar-refractivity contribution in [3.05, 3.63) is 41.2 Å². The standard InChI is InChI=1S/C12H12N2O3/c1-8(15)14-11(12(16)17)7-9-4-3-5-10(6-9)13-2/h3-6,11H,7H2,1H3,(H,14,15)(H,16,17)/t11-/m1/s1. The summed E-state index contributed by atoms with van der Waals surface area (Å²) in [6, 6.07) is 5.71. The molecule has 88 valence electrons. The minimum absolute atomic E-state index is 0.165. The van der Waals surface area contributed by atoms with E-state index in [1.165, 1.54) is 6.92 Å². The van der Waals surface area contributed by atoms with Crippen molar-refractivity contribution in [2.24, 2.45) is 0 Å². The smallest absolute Gasteiger partial charge is 0.326 e. The summed E-state index contributed by atoms with van der Waals surface area (Å²) in [6.07, 6.45) is 0.165. The average molecular weight is 232 g/mol. The monoisotopic (exact) mass is 232 g/mol. The van der Waals surface area contributed by atoms with Gasteiger partial charge in [-0.25, -0.2) is 9.64 Å². The van der Waals surface area contributed by atoms with E-state index >= 15 is 0 Å². The third kappa shape index (κ3) is 3.95. The summed E-state index contributed by atoms with van der Waals surface area (Å²) in [5.41, 5.74) is 1.16. The minimum Gasteiger partial charge on any atom is -0.480 e. The highest BCUT2D eigenvalue weighted by Gasteiger charge is 2.18. The molecule has 5 nitrogen and oxygen atoms in total. The molecule has 0 fully saturated rings. The number of hydrogen-bond donors (Lipinski definition) is 2. The molecule has 0 bridgehead atoms. The van der Waals surface area contributed by atoms with Gasteiger partial charge < -0.3 is 10.4 Å². The van der Waals surface area contributed by atoms with E-state index in [-0.39, 0.29) is 6.42 Å². The van der Waals surface area contributed by atoms with Gasteiger partial charge in [-0.3, -0.25) is 4.79 Å². The zero-order valence-corrected chi connectivity index (χ0v) is 9.30. The van der Waals surface area contributed by atoms with Crippen LogP contribution < -0.4 is 5.32 Å². The van der Waals surface area contributed by atoms with Crippen LogP contribution in [0.2, 0.25) is 0 Å². The first-order valence-corrected chi connectivity index (χ1v) is 4.99. The summed E-state index contributed by atoms with van der Waals surface area (Å²) in [6.45, 7) is 8.13. The predicted molar refractivity (Wildman–Crippen MR) is 61.6 cm³/mol. The van der Waals surface area contributed by atoms with Gasteiger partial charge in [-0.15, -0.1) is 0 Å². The molecule has 0 saturated heterocycles. The molecule has 0 aromatic heterocycles. The molecule has 0 aliphatic carbocycles. The predicted octanol–water partition coefficient (Wildman–Crippen LogP) is 1.37. The van der Waals surface area contributed by atoms with Crippen molar-refractivity contribution in [2.75, 3.05) is 0 Å². The lowest BCUT2D eigenvalue weighted by molar-refractivity contribution is -0.141. The van der Waals surface area contributed by atoms with Gasteiger partial charge in [0.15, 0.2) is 5.69 Å². The zero-order valence-electron chi connectivity index (χ0n) is 9.30. The highest BCUT2D eigenvalue weighted by molar-refractivity contribution is 5.82. The maximum Gasteiger partial charge on any atom is 0.326 e. The van der Waals surface area contributed by atoms with Gasteiger partial charge in [0.2, 0.25) is 5.91 Å². The van der Waals surface area contributed by atoms with Crippen molar-refractivity contribution < 1.29 is 14.7 Å². The lowest BCUT2D eigenvalue weighted by Crippen LogP contribution is -2.41. The van der Waals surface area contributed by atoms with Gasteiger partial charge in [-0.1, -0.05) is 29.8 Å². The summed E-state index contributed by atoms with van der Waals surface area (Å²) in [4.78, 5) is 25.0. The number of carboxylic acids is 1. The molecule has 0 aliphatic heterocycles. The number of amides is 1. The summed E-state index contributed by atoms with van der Waals surface area (Å²) in [5, 5.41) is 11.3. The largest absolute Gasteiger partial charge is 0.480 e. The molecule has 5 heteroatoms. The first kappa shape index (κ1) is 12.7. The molecule has 1 aromatic carbocycles. The van der Waals surface area contributed by atoms with E-state index in [1.807, 2.05) is 0 Å². The number of rotatable bonds is 4. The van der Waals surface area contributed by atoms with Gasteiger partial charge >= 0.3 is 5.97 Å². The lowest BCUT2D eigenvalue weighted by Gasteiger charge is -2.13. The van der Waals surface area contributed by atoms with Gasteiger partial charge in [0.05, 0.1) is 6.57 Å². The van der Waals surface area contributed by atoms with Crippen LogP contribution in [0.3, 0.4) is 0 Å². The Bertz CT molecular complexity index is 477. The molecule has 17 heavy (non-hydrogen) atoms. The quantitative estimate of drug-likeness (QED) is 0.770. The third-order valence-corrected chi connectivity index (χ3v) is 2.16. The molecule has 0 aliphatic rings. The molecule has 1 atom stereocenters. The van der Waals surface area contributed by atoms with Crippen molar-refractivity contribution in [2.45, 2.75) is 19.4 Å².